The Morgan fingerprint density at radius 3 is 1.78 bits per heavy atom. The molecule has 0 bridgehead atoms. The second kappa shape index (κ2) is 19.7. The number of nitrogens with zero attached hydrogens (tertiary/aromatic N) is 7. The summed E-state index contributed by atoms with van der Waals surface area (Å²) in [5, 5.41) is 12.7. The molecular weight excluding hydrogens is 653 g/mol. The van der Waals surface area contributed by atoms with Crippen LogP contribution in [0.2, 0.25) is 0 Å². The zero-order valence-electron chi connectivity index (χ0n) is 25.5. The summed E-state index contributed by atoms with van der Waals surface area (Å²) < 4.78 is 26.4. The molecule has 2 aliphatic rings. The number of piperidine rings is 1. The van der Waals surface area contributed by atoms with Crippen LogP contribution in [0.5, 0.6) is 0 Å². The van der Waals surface area contributed by atoms with Gasteiger partial charge in [-0.25, -0.2) is 20.1 Å². The van der Waals surface area contributed by atoms with E-state index in [0.717, 1.165) is 19.3 Å². The molecule has 1 amide bonds. The molecule has 1 saturated heterocycles. The van der Waals surface area contributed by atoms with E-state index >= 15 is 0 Å². The second-order valence-electron chi connectivity index (χ2n) is 10.8. The first kappa shape index (κ1) is 37.5. The minimum atomic E-state index is -0.194. The quantitative estimate of drug-likeness (QED) is 0.165. The van der Waals surface area contributed by atoms with Gasteiger partial charge in [0.05, 0.1) is 0 Å². The standard InChI is InChI=1S/C21H28NO2.C9H9BN6.2CO.Mo/c1-21(2,17-11-5-3-6-12-17)18-13-7-8-14-19(18)24-20(23)22-15-9-4-10-16-22;1-4-11-14(7-1)10(15-8-2-5-12-15)16-9-3-6-13-16;2*1-2;/h3-6,9-12,18-19H,7-8,13-16H2,1-2H3;1-9H;;;/q;-1;;;+2/t18-,19-;;;;/m0..../s1. The Kier molecular flexibility index (Phi) is 16.4. The van der Waals surface area contributed by atoms with Gasteiger partial charge in [0, 0.05) is 37.6 Å². The molecule has 1 aromatic carbocycles. The van der Waals surface area contributed by atoms with Crippen molar-refractivity contribution in [3.63, 3.8) is 0 Å². The molecular formula is C32H37BMoN7O4+. The molecule has 11 nitrogen and oxygen atoms in total. The van der Waals surface area contributed by atoms with Crippen molar-refractivity contribution < 1.29 is 39.9 Å². The van der Waals surface area contributed by atoms with Crippen LogP contribution in [0.3, 0.4) is 0 Å². The average Bonchev–Trinajstić information content (AvgIpc) is 3.91. The van der Waals surface area contributed by atoms with Crippen LogP contribution >= 0.6 is 0 Å². The van der Waals surface area contributed by atoms with E-state index in [1.807, 2.05) is 56.1 Å². The molecule has 2 atom stereocenters. The first-order valence-electron chi connectivity index (χ1n) is 14.4. The maximum absolute atomic E-state index is 12.5. The van der Waals surface area contributed by atoms with Gasteiger partial charge in [-0.3, -0.25) is 0 Å². The molecule has 4 radical (unpaired) electrons. The van der Waals surface area contributed by atoms with E-state index in [0.29, 0.717) is 19.0 Å². The molecule has 0 N–H and O–H groups in total. The molecule has 0 unspecified atom stereocenters. The number of aromatic nitrogens is 6. The zero-order chi connectivity index (χ0) is 31.8. The molecule has 4 aromatic rings. The van der Waals surface area contributed by atoms with E-state index < -0.39 is 0 Å². The van der Waals surface area contributed by atoms with Crippen molar-refractivity contribution in [2.24, 2.45) is 5.92 Å². The predicted octanol–water partition coefficient (Wildman–Crippen LogP) is 4.72. The summed E-state index contributed by atoms with van der Waals surface area (Å²) in [6, 6.07) is 16.3. The fourth-order valence-corrected chi connectivity index (χ4v) is 5.66. The molecule has 232 valence electrons. The summed E-state index contributed by atoms with van der Waals surface area (Å²) in [6.07, 6.45) is 21.1. The average molecular weight is 690 g/mol. The number of hydrogen-bond donors (Lipinski definition) is 0. The van der Waals surface area contributed by atoms with Crippen molar-refractivity contribution in [3.05, 3.63) is 124 Å². The molecule has 2 fully saturated rings. The van der Waals surface area contributed by atoms with Gasteiger partial charge in [0.15, 0.2) is 0 Å². The van der Waals surface area contributed by atoms with E-state index in [1.54, 1.807) is 37.3 Å². The van der Waals surface area contributed by atoms with Crippen LogP contribution in [0.4, 0.5) is 4.79 Å². The number of carbonyl (C=O) groups is 1. The third-order valence-corrected chi connectivity index (χ3v) is 7.87. The van der Waals surface area contributed by atoms with Gasteiger partial charge in [0.1, 0.15) is 6.10 Å². The van der Waals surface area contributed by atoms with Gasteiger partial charge >= 0.3 is 49.8 Å². The van der Waals surface area contributed by atoms with Gasteiger partial charge in [0.2, 0.25) is 0 Å². The van der Waals surface area contributed by atoms with Crippen LogP contribution in [0.1, 0.15) is 45.1 Å². The smallest absolute Gasteiger partial charge is 0.425 e. The number of hydrogen-bond acceptors (Lipinski definition) is 5. The van der Waals surface area contributed by atoms with Crippen molar-refractivity contribution in [2.75, 3.05) is 13.1 Å². The van der Waals surface area contributed by atoms with E-state index in [4.69, 9.17) is 14.0 Å². The fraction of sp³-hybridized carbons (Fsp3) is 0.344. The maximum Gasteiger partial charge on any atom is 2.00 e. The van der Waals surface area contributed by atoms with Crippen molar-refractivity contribution in [1.29, 1.82) is 0 Å². The van der Waals surface area contributed by atoms with E-state index in [1.165, 1.54) is 12.0 Å². The largest absolute Gasteiger partial charge is 2.00 e. The van der Waals surface area contributed by atoms with Crippen LogP contribution < -0.4 is 0 Å². The van der Waals surface area contributed by atoms with Crippen LogP contribution in [0.15, 0.2) is 85.7 Å². The van der Waals surface area contributed by atoms with Crippen molar-refractivity contribution in [2.45, 2.75) is 51.0 Å². The number of rotatable bonds is 6. The van der Waals surface area contributed by atoms with Gasteiger partial charge in [-0.2, -0.15) is 0 Å². The SMILES string of the molecule is CC(C)(c1ccccc1)[C@H]1CCCC[C@@H]1OC(=O)N1C[CH][CH][CH]C1.[C-]#[O+].[C-]#[O+].[Mo+2].c1cnn([B-](n2cccn2)n2cccn2)c1. The Morgan fingerprint density at radius 1 is 0.822 bits per heavy atom. The van der Waals surface area contributed by atoms with Crippen molar-refractivity contribution in [3.8, 4) is 0 Å². The summed E-state index contributed by atoms with van der Waals surface area (Å²) in [7, 11) is -0.194. The Balaban J connectivity index is 0.000000292. The van der Waals surface area contributed by atoms with Gasteiger partial charge < -0.3 is 23.4 Å². The molecule has 1 aliphatic carbocycles. The normalized spacial score (nSPS) is 17.5. The summed E-state index contributed by atoms with van der Waals surface area (Å²) in [6.45, 7) is 14.9. The van der Waals surface area contributed by atoms with Gasteiger partial charge in [-0.05, 0) is 86.3 Å². The second-order valence-corrected chi connectivity index (χ2v) is 10.8. The van der Waals surface area contributed by atoms with Crippen LogP contribution in [-0.2, 0) is 40.5 Å². The third-order valence-electron chi connectivity index (χ3n) is 7.87. The Morgan fingerprint density at radius 2 is 1.31 bits per heavy atom. The monoisotopic (exact) mass is 692 g/mol. The minimum Gasteiger partial charge on any atom is -0.425 e. The molecule has 1 aliphatic heterocycles. The number of ether oxygens (including phenoxy) is 1. The number of carbonyl (C=O) groups excluding carboxylic acids is 1. The molecule has 4 heterocycles. The fourth-order valence-electron chi connectivity index (χ4n) is 5.66. The summed E-state index contributed by atoms with van der Waals surface area (Å²) >= 11 is 0. The van der Waals surface area contributed by atoms with E-state index in [9.17, 15) is 4.79 Å². The minimum absolute atomic E-state index is 0. The van der Waals surface area contributed by atoms with Crippen LogP contribution in [0, 0.1) is 38.5 Å². The predicted molar refractivity (Wildman–Crippen MR) is 163 cm³/mol. The van der Waals surface area contributed by atoms with E-state index in [2.05, 4.69) is 72.8 Å². The van der Waals surface area contributed by atoms with Crippen molar-refractivity contribution in [1.82, 2.24) is 34.0 Å². The Bertz CT molecular complexity index is 1290. The summed E-state index contributed by atoms with van der Waals surface area (Å²) in [5.74, 6) is 0.363. The first-order chi connectivity index (χ1) is 21.5. The summed E-state index contributed by atoms with van der Waals surface area (Å²) in [4.78, 5) is 14.3. The van der Waals surface area contributed by atoms with Crippen LogP contribution in [-0.4, -0.2) is 66.4 Å². The van der Waals surface area contributed by atoms with Gasteiger partial charge in [-0.1, -0.05) is 50.6 Å². The molecule has 6 rings (SSSR count). The molecule has 3 aromatic heterocycles. The Hall–Kier alpha value is -3.65. The molecule has 0 spiro atoms. The molecule has 13 heteroatoms. The number of amides is 1. The molecule has 45 heavy (non-hydrogen) atoms. The third kappa shape index (κ3) is 10.2. The topological polar surface area (TPSA) is 123 Å². The van der Waals surface area contributed by atoms with Crippen LogP contribution in [0.25, 0.3) is 0 Å². The van der Waals surface area contributed by atoms with Gasteiger partial charge in [0.25, 0.3) is 7.12 Å². The van der Waals surface area contributed by atoms with Crippen molar-refractivity contribution >= 4 is 13.2 Å². The molecule has 1 saturated carbocycles. The van der Waals surface area contributed by atoms with Gasteiger partial charge in [-0.15, -0.1) is 0 Å². The Labute approximate surface area is 280 Å². The number of benzene rings is 1. The maximum atomic E-state index is 12.5. The first-order valence-corrected chi connectivity index (χ1v) is 14.4. The zero-order valence-corrected chi connectivity index (χ0v) is 27.5. The van der Waals surface area contributed by atoms with E-state index in [-0.39, 0.29) is 45.8 Å². The summed E-state index contributed by atoms with van der Waals surface area (Å²) in [5.41, 5.74) is 1.33. The number of likely N-dealkylation sites (tertiary alicyclic amines) is 1.